The topological polar surface area (TPSA) is 58.9 Å². The summed E-state index contributed by atoms with van der Waals surface area (Å²) in [5.41, 5.74) is -0.168. The van der Waals surface area contributed by atoms with Crippen LogP contribution in [0.1, 0.15) is 113 Å². The minimum atomic E-state index is -0.932. The lowest BCUT2D eigenvalue weighted by Crippen LogP contribution is -2.73. The van der Waals surface area contributed by atoms with Crippen molar-refractivity contribution in [3.63, 3.8) is 0 Å². The molecule has 4 aliphatic carbocycles. The molecule has 194 valence electrons. The molecule has 10 atom stereocenters. The second-order valence-electron chi connectivity index (χ2n) is 15.4. The smallest absolute Gasteiger partial charge is 0.170 e. The molecule has 34 heavy (non-hydrogen) atoms. The van der Waals surface area contributed by atoms with Crippen LogP contribution in [0.15, 0.2) is 0 Å². The molecule has 3 aliphatic heterocycles. The molecule has 4 saturated carbocycles. The Morgan fingerprint density at radius 1 is 0.735 bits per heavy atom. The summed E-state index contributed by atoms with van der Waals surface area (Å²) >= 11 is 0. The van der Waals surface area contributed by atoms with Crippen molar-refractivity contribution in [2.45, 2.75) is 136 Å². The second kappa shape index (κ2) is 6.83. The Bertz CT molecular complexity index is 850. The van der Waals surface area contributed by atoms with Gasteiger partial charge in [-0.3, -0.25) is 0 Å². The molecule has 7 fully saturated rings. The van der Waals surface area contributed by atoms with Crippen LogP contribution in [-0.2, 0) is 9.47 Å². The van der Waals surface area contributed by atoms with E-state index < -0.39 is 11.4 Å². The van der Waals surface area contributed by atoms with Gasteiger partial charge < -0.3 is 19.7 Å². The van der Waals surface area contributed by atoms with Crippen LogP contribution in [0.4, 0.5) is 0 Å². The largest absolute Gasteiger partial charge is 0.388 e. The van der Waals surface area contributed by atoms with Gasteiger partial charge >= 0.3 is 0 Å². The first-order valence-electron chi connectivity index (χ1n) is 14.4. The van der Waals surface area contributed by atoms with E-state index in [1.165, 1.54) is 38.5 Å². The van der Waals surface area contributed by atoms with Crippen molar-refractivity contribution in [2.24, 2.45) is 45.3 Å². The molecule has 0 unspecified atom stereocenters. The van der Waals surface area contributed by atoms with Crippen LogP contribution in [0.2, 0.25) is 0 Å². The monoisotopic (exact) mass is 474 g/mol. The zero-order chi connectivity index (χ0) is 24.6. The van der Waals surface area contributed by atoms with Crippen molar-refractivity contribution < 1.29 is 19.7 Å². The van der Waals surface area contributed by atoms with E-state index in [1.54, 1.807) is 0 Å². The second-order valence-corrected chi connectivity index (χ2v) is 15.4. The highest BCUT2D eigenvalue weighted by molar-refractivity contribution is 5.21. The van der Waals surface area contributed by atoms with Gasteiger partial charge in [-0.1, -0.05) is 27.7 Å². The number of aliphatic hydroxyl groups is 2. The Morgan fingerprint density at radius 2 is 1.44 bits per heavy atom. The maximum absolute atomic E-state index is 11.4. The Balaban J connectivity index is 1.32. The molecule has 0 aromatic heterocycles. The highest BCUT2D eigenvalue weighted by Crippen LogP contribution is 2.78. The lowest BCUT2D eigenvalue weighted by atomic mass is 9.34. The molecule has 0 aromatic carbocycles. The summed E-state index contributed by atoms with van der Waals surface area (Å²) in [5, 5.41) is 22.0. The molecular formula is C30H50O4. The molecule has 7 aliphatic rings. The quantitative estimate of drug-likeness (QED) is 0.509. The van der Waals surface area contributed by atoms with Crippen LogP contribution >= 0.6 is 0 Å². The lowest BCUT2D eigenvalue weighted by molar-refractivity contribution is -0.399. The number of hydrogen-bond donors (Lipinski definition) is 2. The Hall–Kier alpha value is -0.160. The van der Waals surface area contributed by atoms with Crippen LogP contribution in [0, 0.1) is 45.3 Å². The average Bonchev–Trinajstić information content (AvgIpc) is 3.32. The van der Waals surface area contributed by atoms with Gasteiger partial charge in [-0.2, -0.15) is 0 Å². The number of hydrogen-bond acceptors (Lipinski definition) is 4. The average molecular weight is 475 g/mol. The van der Waals surface area contributed by atoms with Gasteiger partial charge in [0, 0.05) is 17.3 Å². The summed E-state index contributed by atoms with van der Waals surface area (Å²) in [7, 11) is 0. The van der Waals surface area contributed by atoms with Crippen molar-refractivity contribution in [3.05, 3.63) is 0 Å². The van der Waals surface area contributed by atoms with Crippen LogP contribution in [0.25, 0.3) is 0 Å². The summed E-state index contributed by atoms with van der Waals surface area (Å²) in [6.45, 7) is 16.8. The van der Waals surface area contributed by atoms with E-state index in [9.17, 15) is 10.2 Å². The third kappa shape index (κ3) is 2.70. The van der Waals surface area contributed by atoms with E-state index in [2.05, 4.69) is 34.6 Å². The van der Waals surface area contributed by atoms with Gasteiger partial charge in [0.25, 0.3) is 0 Å². The zero-order valence-corrected chi connectivity index (χ0v) is 22.9. The van der Waals surface area contributed by atoms with Crippen molar-refractivity contribution in [1.82, 2.24) is 0 Å². The van der Waals surface area contributed by atoms with Crippen molar-refractivity contribution in [2.75, 3.05) is 6.61 Å². The first kappa shape index (κ1) is 24.2. The summed E-state index contributed by atoms with van der Waals surface area (Å²) in [5.74, 6) is 1.60. The molecule has 2 bridgehead atoms. The number of fused-ring (bicyclic) bond motifs is 5. The minimum absolute atomic E-state index is 0.0479. The normalized spacial score (nSPS) is 58.3. The molecule has 0 amide bonds. The van der Waals surface area contributed by atoms with E-state index in [-0.39, 0.29) is 22.5 Å². The van der Waals surface area contributed by atoms with E-state index in [0.29, 0.717) is 34.5 Å². The van der Waals surface area contributed by atoms with Gasteiger partial charge in [-0.25, -0.2) is 0 Å². The van der Waals surface area contributed by atoms with Crippen LogP contribution < -0.4 is 0 Å². The maximum atomic E-state index is 11.4. The van der Waals surface area contributed by atoms with E-state index >= 15 is 0 Å². The van der Waals surface area contributed by atoms with Crippen LogP contribution in [0.5, 0.6) is 0 Å². The first-order chi connectivity index (χ1) is 15.6. The Kier molecular flexibility index (Phi) is 4.86. The highest BCUT2D eigenvalue weighted by Gasteiger charge is 2.75. The fourth-order valence-electron chi connectivity index (χ4n) is 11.5. The SMILES string of the molecule is CC(C)(O)[C@@H]1CC[C@@](C)([C@H]2CC[C@]3(C)[C@@H]2CC[C@@H]2[C@]45CC[C@](O)(OC4)C(C)(C)[C@@H]5CC[C@]23C)O1. The van der Waals surface area contributed by atoms with Crippen molar-refractivity contribution in [3.8, 4) is 0 Å². The molecule has 4 heteroatoms. The highest BCUT2D eigenvalue weighted by atomic mass is 16.6. The summed E-state index contributed by atoms with van der Waals surface area (Å²) < 4.78 is 13.1. The third-order valence-electron chi connectivity index (χ3n) is 13.7. The fraction of sp³-hybridized carbons (Fsp3) is 1.00. The van der Waals surface area contributed by atoms with Crippen molar-refractivity contribution >= 4 is 0 Å². The van der Waals surface area contributed by atoms with Gasteiger partial charge in [0.05, 0.1) is 23.9 Å². The molecular weight excluding hydrogens is 424 g/mol. The Morgan fingerprint density at radius 3 is 2.06 bits per heavy atom. The molecule has 4 nitrogen and oxygen atoms in total. The van der Waals surface area contributed by atoms with E-state index in [1.807, 2.05) is 13.8 Å². The summed E-state index contributed by atoms with van der Waals surface area (Å²) in [6, 6.07) is 0. The first-order valence-corrected chi connectivity index (χ1v) is 14.4. The van der Waals surface area contributed by atoms with Gasteiger partial charge in [0.1, 0.15) is 0 Å². The molecule has 3 heterocycles. The van der Waals surface area contributed by atoms with E-state index in [4.69, 9.17) is 9.47 Å². The van der Waals surface area contributed by atoms with Gasteiger partial charge in [0.15, 0.2) is 5.79 Å². The summed E-state index contributed by atoms with van der Waals surface area (Å²) in [6.07, 6.45) is 11.6. The van der Waals surface area contributed by atoms with Gasteiger partial charge in [0.2, 0.25) is 0 Å². The van der Waals surface area contributed by atoms with Gasteiger partial charge in [-0.15, -0.1) is 0 Å². The number of ether oxygens (including phenoxy) is 2. The fourth-order valence-corrected chi connectivity index (χ4v) is 11.5. The summed E-state index contributed by atoms with van der Waals surface area (Å²) in [4.78, 5) is 0. The maximum Gasteiger partial charge on any atom is 0.170 e. The lowest BCUT2D eigenvalue weighted by Gasteiger charge is -2.74. The molecule has 0 aromatic rings. The van der Waals surface area contributed by atoms with Crippen LogP contribution in [-0.4, -0.2) is 39.9 Å². The molecule has 2 N–H and O–H groups in total. The van der Waals surface area contributed by atoms with Gasteiger partial charge in [-0.05, 0) is 113 Å². The zero-order valence-electron chi connectivity index (χ0n) is 22.9. The molecule has 7 rings (SSSR count). The van der Waals surface area contributed by atoms with Crippen LogP contribution in [0.3, 0.4) is 0 Å². The predicted molar refractivity (Wildman–Crippen MR) is 133 cm³/mol. The minimum Gasteiger partial charge on any atom is -0.388 e. The van der Waals surface area contributed by atoms with Crippen molar-refractivity contribution in [1.29, 1.82) is 0 Å². The molecule has 0 radical (unpaired) electrons. The number of rotatable bonds is 2. The molecule has 1 spiro atoms. The van der Waals surface area contributed by atoms with E-state index in [0.717, 1.165) is 32.3 Å². The third-order valence-corrected chi connectivity index (χ3v) is 13.7. The molecule has 3 saturated heterocycles. The Labute approximate surface area is 207 Å². The predicted octanol–water partition coefficient (Wildman–Crippen LogP) is 6.08. The standard InChI is InChI=1S/C30H50O4/c1-24(2)21-11-14-27(6)22(29(21)16-17-30(24,32)33-18-29)9-8-19-20(10-13-26(19,27)5)28(7)15-12-23(34-28)25(3,4)31/h19-23,31-32H,8-18H2,1-7H3/t19-,20+,21+,22+,23+,26-,27-,28+,29-,30+/m1/s1.